The summed E-state index contributed by atoms with van der Waals surface area (Å²) in [5.41, 5.74) is 0.684. The highest BCUT2D eigenvalue weighted by Crippen LogP contribution is 2.22. The van der Waals surface area contributed by atoms with Crippen LogP contribution in [-0.2, 0) is 26.0 Å². The Labute approximate surface area is 153 Å². The number of carboxylic acids is 1. The zero-order valence-electron chi connectivity index (χ0n) is 14.9. The molecule has 1 heterocycles. The Morgan fingerprint density at radius 3 is 2.42 bits per heavy atom. The number of carbonyl (C=O) groups excluding carboxylic acids is 1. The summed E-state index contributed by atoms with van der Waals surface area (Å²) in [5, 5.41) is 9.19. The third-order valence-corrected chi connectivity index (χ3v) is 5.80. The highest BCUT2D eigenvalue weighted by molar-refractivity contribution is 7.88. The molecule has 0 aromatic heterocycles. The fourth-order valence-corrected chi connectivity index (χ4v) is 4.04. The molecule has 0 spiro atoms. The van der Waals surface area contributed by atoms with E-state index in [1.54, 1.807) is 24.3 Å². The largest absolute Gasteiger partial charge is 0.496 e. The number of carbonyl (C=O) groups is 2. The van der Waals surface area contributed by atoms with Gasteiger partial charge in [0.25, 0.3) is 0 Å². The van der Waals surface area contributed by atoms with Crippen LogP contribution in [0.5, 0.6) is 5.75 Å². The van der Waals surface area contributed by atoms with Gasteiger partial charge in [0.05, 0.1) is 19.8 Å². The molecule has 1 fully saturated rings. The molecule has 2 rings (SSSR count). The summed E-state index contributed by atoms with van der Waals surface area (Å²) in [5.74, 6) is -0.832. The van der Waals surface area contributed by atoms with Crippen molar-refractivity contribution >= 4 is 21.9 Å². The van der Waals surface area contributed by atoms with Gasteiger partial charge in [-0.3, -0.25) is 9.59 Å². The molecule has 1 aliphatic rings. The van der Waals surface area contributed by atoms with Gasteiger partial charge in [-0.05, 0) is 18.9 Å². The molecule has 144 valence electrons. The van der Waals surface area contributed by atoms with E-state index < -0.39 is 22.5 Å². The van der Waals surface area contributed by atoms with Gasteiger partial charge in [0.1, 0.15) is 12.3 Å². The van der Waals surface area contributed by atoms with E-state index in [1.807, 2.05) is 0 Å². The highest BCUT2D eigenvalue weighted by Gasteiger charge is 2.32. The first-order valence-corrected chi connectivity index (χ1v) is 10.2. The number of ether oxygens (including phenoxy) is 1. The zero-order valence-corrected chi connectivity index (χ0v) is 15.7. The molecule has 0 atom stereocenters. The van der Waals surface area contributed by atoms with Crippen LogP contribution < -0.4 is 4.74 Å². The van der Waals surface area contributed by atoms with E-state index >= 15 is 0 Å². The Balaban J connectivity index is 2.12. The molecule has 8 nitrogen and oxygen atoms in total. The van der Waals surface area contributed by atoms with Crippen molar-refractivity contribution in [3.05, 3.63) is 29.8 Å². The lowest BCUT2D eigenvalue weighted by Crippen LogP contribution is -2.50. The van der Waals surface area contributed by atoms with Crippen LogP contribution in [0.2, 0.25) is 0 Å². The summed E-state index contributed by atoms with van der Waals surface area (Å²) < 4.78 is 29.8. The molecule has 26 heavy (non-hydrogen) atoms. The number of nitrogens with zero attached hydrogens (tertiary/aromatic N) is 2. The Kier molecular flexibility index (Phi) is 6.60. The third-order valence-electron chi connectivity index (χ3n) is 4.49. The molecule has 0 bridgehead atoms. The van der Waals surface area contributed by atoms with Crippen molar-refractivity contribution in [2.24, 2.45) is 0 Å². The predicted octanol–water partition coefficient (Wildman–Crippen LogP) is 0.575. The standard InChI is InChI=1S/C17H24N2O6S/c1-25-15-6-4-3-5-13(15)11-16(20)19(12-17(21)22)14-7-9-18(10-8-14)26(2,23)24/h3-6,14H,7-12H2,1-2H3,(H,21,22). The Hall–Kier alpha value is -2.13. The van der Waals surface area contributed by atoms with Gasteiger partial charge >= 0.3 is 5.97 Å². The summed E-state index contributed by atoms with van der Waals surface area (Å²) in [6.45, 7) is 0.153. The van der Waals surface area contributed by atoms with Crippen LogP contribution in [-0.4, -0.2) is 73.6 Å². The van der Waals surface area contributed by atoms with Gasteiger partial charge in [0.15, 0.2) is 0 Å². The van der Waals surface area contributed by atoms with Gasteiger partial charge in [-0.1, -0.05) is 18.2 Å². The molecule has 0 radical (unpaired) electrons. The first-order valence-electron chi connectivity index (χ1n) is 8.30. The summed E-state index contributed by atoms with van der Waals surface area (Å²) >= 11 is 0. The predicted molar refractivity (Wildman–Crippen MR) is 95.5 cm³/mol. The van der Waals surface area contributed by atoms with Crippen molar-refractivity contribution in [2.75, 3.05) is 33.0 Å². The number of hydrogen-bond acceptors (Lipinski definition) is 5. The Bertz CT molecular complexity index is 756. The average molecular weight is 384 g/mol. The molecule has 1 aromatic rings. The summed E-state index contributed by atoms with van der Waals surface area (Å²) in [7, 11) is -1.77. The second kappa shape index (κ2) is 8.50. The molecule has 1 aliphatic heterocycles. The van der Waals surface area contributed by atoms with Crippen molar-refractivity contribution in [1.29, 1.82) is 0 Å². The van der Waals surface area contributed by atoms with Crippen LogP contribution >= 0.6 is 0 Å². The minimum Gasteiger partial charge on any atom is -0.496 e. The van der Waals surface area contributed by atoms with Crippen molar-refractivity contribution in [1.82, 2.24) is 9.21 Å². The normalized spacial score (nSPS) is 16.2. The van der Waals surface area contributed by atoms with E-state index in [4.69, 9.17) is 4.74 Å². The van der Waals surface area contributed by atoms with E-state index in [2.05, 4.69) is 0 Å². The molecular formula is C17H24N2O6S. The van der Waals surface area contributed by atoms with Crippen molar-refractivity contribution in [3.8, 4) is 5.75 Å². The molecule has 1 saturated heterocycles. The van der Waals surface area contributed by atoms with Gasteiger partial charge in [-0.25, -0.2) is 12.7 Å². The van der Waals surface area contributed by atoms with Gasteiger partial charge in [0, 0.05) is 24.7 Å². The topological polar surface area (TPSA) is 104 Å². The van der Waals surface area contributed by atoms with Crippen molar-refractivity contribution in [3.63, 3.8) is 0 Å². The highest BCUT2D eigenvalue weighted by atomic mass is 32.2. The number of para-hydroxylation sites is 1. The first-order chi connectivity index (χ1) is 12.2. The number of hydrogen-bond donors (Lipinski definition) is 1. The molecule has 0 saturated carbocycles. The summed E-state index contributed by atoms with van der Waals surface area (Å²) in [4.78, 5) is 25.3. The quantitative estimate of drug-likeness (QED) is 0.737. The molecule has 0 unspecified atom stereocenters. The fourth-order valence-electron chi connectivity index (χ4n) is 3.17. The maximum Gasteiger partial charge on any atom is 0.323 e. The molecule has 1 amide bonds. The zero-order chi connectivity index (χ0) is 19.3. The third kappa shape index (κ3) is 5.18. The Morgan fingerprint density at radius 1 is 1.27 bits per heavy atom. The van der Waals surface area contributed by atoms with Crippen molar-refractivity contribution < 1.29 is 27.9 Å². The lowest BCUT2D eigenvalue weighted by atomic mass is 10.0. The molecular weight excluding hydrogens is 360 g/mol. The number of piperidine rings is 1. The number of carboxylic acid groups (broad SMARTS) is 1. The second-order valence-electron chi connectivity index (χ2n) is 6.30. The second-order valence-corrected chi connectivity index (χ2v) is 8.28. The minimum absolute atomic E-state index is 0.0313. The van der Waals surface area contributed by atoms with E-state index in [0.29, 0.717) is 24.2 Å². The van der Waals surface area contributed by atoms with Crippen LogP contribution in [0.4, 0.5) is 0 Å². The van der Waals surface area contributed by atoms with Gasteiger partial charge < -0.3 is 14.7 Å². The maximum absolute atomic E-state index is 12.8. The van der Waals surface area contributed by atoms with Gasteiger partial charge in [0.2, 0.25) is 15.9 Å². The lowest BCUT2D eigenvalue weighted by Gasteiger charge is -2.37. The number of benzene rings is 1. The number of aliphatic carboxylic acids is 1. The molecule has 0 aliphatic carbocycles. The molecule has 9 heteroatoms. The molecule has 1 N–H and O–H groups in total. The van der Waals surface area contributed by atoms with E-state index in [9.17, 15) is 23.1 Å². The van der Waals surface area contributed by atoms with Crippen LogP contribution in [0.3, 0.4) is 0 Å². The SMILES string of the molecule is COc1ccccc1CC(=O)N(CC(=O)O)C1CCN(S(C)(=O)=O)CC1. The smallest absolute Gasteiger partial charge is 0.323 e. The van der Waals surface area contributed by atoms with Crippen LogP contribution in [0, 0.1) is 0 Å². The first kappa shape index (κ1) is 20.2. The number of rotatable bonds is 7. The van der Waals surface area contributed by atoms with Gasteiger partial charge in [-0.2, -0.15) is 0 Å². The molecule has 1 aromatic carbocycles. The van der Waals surface area contributed by atoms with Crippen LogP contribution in [0.15, 0.2) is 24.3 Å². The van der Waals surface area contributed by atoms with Crippen molar-refractivity contribution in [2.45, 2.75) is 25.3 Å². The average Bonchev–Trinajstić information content (AvgIpc) is 2.59. The number of methoxy groups -OCH3 is 1. The maximum atomic E-state index is 12.8. The van der Waals surface area contributed by atoms with Crippen LogP contribution in [0.25, 0.3) is 0 Å². The Morgan fingerprint density at radius 2 is 1.88 bits per heavy atom. The number of amides is 1. The summed E-state index contributed by atoms with van der Waals surface area (Å²) in [6, 6.07) is 6.79. The fraction of sp³-hybridized carbons (Fsp3) is 0.529. The summed E-state index contributed by atoms with van der Waals surface area (Å²) in [6.07, 6.45) is 2.01. The van der Waals surface area contributed by atoms with Crippen LogP contribution in [0.1, 0.15) is 18.4 Å². The van der Waals surface area contributed by atoms with E-state index in [1.165, 1.54) is 16.3 Å². The minimum atomic E-state index is -3.28. The monoisotopic (exact) mass is 384 g/mol. The van der Waals surface area contributed by atoms with E-state index in [0.717, 1.165) is 6.26 Å². The lowest BCUT2D eigenvalue weighted by molar-refractivity contribution is -0.146. The van der Waals surface area contributed by atoms with E-state index in [-0.39, 0.29) is 31.5 Å². The number of sulfonamides is 1. The van der Waals surface area contributed by atoms with Gasteiger partial charge in [-0.15, -0.1) is 0 Å².